The fourth-order valence-electron chi connectivity index (χ4n) is 7.66. The van der Waals surface area contributed by atoms with Gasteiger partial charge in [0.2, 0.25) is 0 Å². The molecule has 1 aliphatic heterocycles. The topological polar surface area (TPSA) is 35.5 Å². The molecular weight excluding hydrogens is 501 g/mol. The molecule has 0 N–H and O–H groups in total. The fraction of sp³-hybridized carbons (Fsp3) is 0.788. The number of ether oxygens (including phenoxy) is 1. The van der Waals surface area contributed by atoms with Gasteiger partial charge in [-0.1, -0.05) is 92.8 Å². The maximum absolute atomic E-state index is 13.0. The van der Waals surface area contributed by atoms with Gasteiger partial charge in [-0.3, -0.25) is 0 Å². The van der Waals surface area contributed by atoms with Crippen LogP contribution in [0.4, 0.5) is 0 Å². The molecule has 2 aliphatic rings. The number of aldehydes is 1. The Balaban J connectivity index is 2.37. The van der Waals surface area contributed by atoms with E-state index in [0.29, 0.717) is 34.9 Å². The lowest BCUT2D eigenvalue weighted by molar-refractivity contribution is -0.119. The first-order valence-corrected chi connectivity index (χ1v) is 20.8. The Morgan fingerprint density at radius 1 is 1.11 bits per heavy atom. The summed E-state index contributed by atoms with van der Waals surface area (Å²) in [7, 11) is -3.38. The van der Waals surface area contributed by atoms with Crippen LogP contribution in [0.15, 0.2) is 23.3 Å². The summed E-state index contributed by atoms with van der Waals surface area (Å²) in [5.41, 5.74) is 7.09. The lowest BCUT2D eigenvalue weighted by atomic mass is 9.56. The number of carbonyl (C=O) groups is 1. The van der Waals surface area contributed by atoms with Gasteiger partial charge in [0.05, 0.1) is 17.6 Å². The van der Waals surface area contributed by atoms with Crippen molar-refractivity contribution in [1.82, 2.24) is 0 Å². The second-order valence-electron chi connectivity index (χ2n) is 14.3. The molecule has 0 aromatic rings. The molecule has 0 spiro atoms. The first kappa shape index (κ1) is 33.3. The maximum Gasteiger partial charge on any atom is 0.200 e. The van der Waals surface area contributed by atoms with Crippen molar-refractivity contribution in [1.29, 1.82) is 0 Å². The second-order valence-corrected chi connectivity index (χ2v) is 24.5. The summed E-state index contributed by atoms with van der Waals surface area (Å²) in [5.74, 6) is 4.49. The Hall–Kier alpha value is -0.936. The Bertz CT molecular complexity index is 906. The average molecular weight is 559 g/mol. The number of carbonyl (C=O) groups excluding carboxylic acids is 1. The molecule has 5 atom stereocenters. The number of fused-ring (bicyclic) bond motifs is 1. The van der Waals surface area contributed by atoms with Gasteiger partial charge in [-0.05, 0) is 60.7 Å². The maximum atomic E-state index is 13.0. The molecule has 216 valence electrons. The molecule has 0 bridgehead atoms. The predicted molar refractivity (Wildman–Crippen MR) is 168 cm³/mol. The number of hydrogen-bond donors (Lipinski definition) is 0. The molecule has 1 aliphatic carbocycles. The third-order valence-electron chi connectivity index (χ3n) is 9.46. The fourth-order valence-corrected chi connectivity index (χ4v) is 13.8. The summed E-state index contributed by atoms with van der Waals surface area (Å²) in [6, 6.07) is 0. The Kier molecular flexibility index (Phi) is 11.5. The van der Waals surface area contributed by atoms with Crippen LogP contribution in [0.25, 0.3) is 0 Å². The Morgan fingerprint density at radius 3 is 2.16 bits per heavy atom. The molecule has 0 aromatic carbocycles. The normalized spacial score (nSPS) is 28.6. The van der Waals surface area contributed by atoms with E-state index in [-0.39, 0.29) is 18.1 Å². The predicted octanol–water partition coefficient (Wildman–Crippen LogP) is 8.98. The van der Waals surface area contributed by atoms with Crippen LogP contribution in [0.3, 0.4) is 0 Å². The molecule has 5 heteroatoms. The van der Waals surface area contributed by atoms with Crippen molar-refractivity contribution in [3.05, 3.63) is 23.3 Å². The standard InChI is InChI=1S/C33H58O3Si2/c1-23(2)29-19-18-28(10)33(22-34)30(17-15-21-37(11,12)13)36-32(31(29)33)27(9)16-14-20-35-38(24(3)4,25(5)6)26(7)8/h16,18,22-26,29-32H,14,17,19-20H2,1-13H3/b27-16+/t29-,30-,31+,32+,33-/m1/s1. The summed E-state index contributed by atoms with van der Waals surface area (Å²) in [6.45, 7) is 30.5. The van der Waals surface area contributed by atoms with Gasteiger partial charge in [0.1, 0.15) is 14.4 Å². The smallest absolute Gasteiger partial charge is 0.200 e. The summed E-state index contributed by atoms with van der Waals surface area (Å²) < 4.78 is 13.7. The van der Waals surface area contributed by atoms with E-state index < -0.39 is 21.8 Å². The number of hydrogen-bond acceptors (Lipinski definition) is 3. The van der Waals surface area contributed by atoms with Crippen molar-refractivity contribution in [2.45, 2.75) is 137 Å². The highest BCUT2D eigenvalue weighted by Crippen LogP contribution is 2.58. The third-order valence-corrected chi connectivity index (χ3v) is 16.5. The highest BCUT2D eigenvalue weighted by molar-refractivity contribution is 6.83. The molecule has 0 radical (unpaired) electrons. The molecule has 1 heterocycles. The van der Waals surface area contributed by atoms with Gasteiger partial charge < -0.3 is 14.0 Å². The minimum Gasteiger partial charge on any atom is -0.416 e. The van der Waals surface area contributed by atoms with E-state index in [9.17, 15) is 4.79 Å². The minimum absolute atomic E-state index is 0.0581. The Labute approximate surface area is 237 Å². The van der Waals surface area contributed by atoms with Crippen molar-refractivity contribution in [3.8, 4) is 11.5 Å². The molecule has 1 saturated heterocycles. The van der Waals surface area contributed by atoms with Gasteiger partial charge in [-0.25, -0.2) is 0 Å². The zero-order valence-electron chi connectivity index (χ0n) is 26.9. The summed E-state index contributed by atoms with van der Waals surface area (Å²) in [4.78, 5) is 13.0. The molecule has 2 rings (SSSR count). The van der Waals surface area contributed by atoms with E-state index in [0.717, 1.165) is 19.4 Å². The Morgan fingerprint density at radius 2 is 1.68 bits per heavy atom. The van der Waals surface area contributed by atoms with E-state index in [2.05, 4.69) is 112 Å². The minimum atomic E-state index is -1.88. The van der Waals surface area contributed by atoms with Crippen LogP contribution in [-0.2, 0) is 14.0 Å². The van der Waals surface area contributed by atoms with Crippen molar-refractivity contribution in [2.24, 2.45) is 23.2 Å². The van der Waals surface area contributed by atoms with Gasteiger partial charge in [-0.2, -0.15) is 0 Å². The zero-order valence-corrected chi connectivity index (χ0v) is 28.9. The summed E-state index contributed by atoms with van der Waals surface area (Å²) in [5, 5.41) is 0. The van der Waals surface area contributed by atoms with Crippen LogP contribution in [0.1, 0.15) is 88.5 Å². The molecule has 0 saturated carbocycles. The SMILES string of the molecule is CC1=CC[C@H](C(C)C)[C@H]2[C@H](/C(C)=C/CCO[Si](C(C)C)(C(C)C)C(C)C)O[C@H](CC#C[Si](C)(C)C)[C@@]12C=O. The van der Waals surface area contributed by atoms with Crippen molar-refractivity contribution < 1.29 is 14.0 Å². The first-order valence-electron chi connectivity index (χ1n) is 15.2. The molecular formula is C33H58O3Si2. The van der Waals surface area contributed by atoms with E-state index in [1.165, 1.54) is 17.4 Å². The van der Waals surface area contributed by atoms with Gasteiger partial charge in [0.25, 0.3) is 0 Å². The molecule has 0 amide bonds. The van der Waals surface area contributed by atoms with Gasteiger partial charge in [0, 0.05) is 18.9 Å². The quantitative estimate of drug-likeness (QED) is 0.0834. The van der Waals surface area contributed by atoms with Crippen LogP contribution in [0, 0.1) is 34.6 Å². The number of allylic oxidation sites excluding steroid dienone is 1. The van der Waals surface area contributed by atoms with Crippen molar-refractivity contribution in [2.75, 3.05) is 6.61 Å². The van der Waals surface area contributed by atoms with Crippen LogP contribution in [0.2, 0.25) is 36.3 Å². The summed E-state index contributed by atoms with van der Waals surface area (Å²) in [6.07, 6.45) is 8.13. The summed E-state index contributed by atoms with van der Waals surface area (Å²) >= 11 is 0. The highest BCUT2D eigenvalue weighted by Gasteiger charge is 2.61. The molecule has 3 nitrogen and oxygen atoms in total. The monoisotopic (exact) mass is 558 g/mol. The van der Waals surface area contributed by atoms with Crippen molar-refractivity contribution >= 4 is 22.7 Å². The van der Waals surface area contributed by atoms with Crippen LogP contribution < -0.4 is 0 Å². The van der Waals surface area contributed by atoms with Gasteiger partial charge in [0.15, 0.2) is 8.32 Å². The molecule has 0 aromatic heterocycles. The van der Waals surface area contributed by atoms with Gasteiger partial charge in [-0.15, -0.1) is 11.5 Å². The van der Waals surface area contributed by atoms with Crippen molar-refractivity contribution in [3.63, 3.8) is 0 Å². The lowest BCUT2D eigenvalue weighted by Crippen LogP contribution is -2.48. The van der Waals surface area contributed by atoms with Crippen LogP contribution in [0.5, 0.6) is 0 Å². The molecule has 0 unspecified atom stereocenters. The van der Waals surface area contributed by atoms with Gasteiger partial charge >= 0.3 is 0 Å². The lowest BCUT2D eigenvalue weighted by Gasteiger charge is -2.44. The second kappa shape index (κ2) is 13.2. The molecule has 38 heavy (non-hydrogen) atoms. The average Bonchev–Trinajstić information content (AvgIpc) is 3.13. The van der Waals surface area contributed by atoms with E-state index >= 15 is 0 Å². The van der Waals surface area contributed by atoms with E-state index in [1.54, 1.807) is 0 Å². The first-order chi connectivity index (χ1) is 17.6. The van der Waals surface area contributed by atoms with Crippen LogP contribution >= 0.6 is 0 Å². The largest absolute Gasteiger partial charge is 0.416 e. The molecule has 1 fully saturated rings. The highest BCUT2D eigenvalue weighted by atomic mass is 28.4. The zero-order chi connectivity index (χ0) is 29.1. The van der Waals surface area contributed by atoms with E-state index in [1.807, 2.05) is 0 Å². The third kappa shape index (κ3) is 6.68. The van der Waals surface area contributed by atoms with E-state index in [4.69, 9.17) is 9.16 Å². The van der Waals surface area contributed by atoms with Crippen LogP contribution in [-0.4, -0.2) is 41.5 Å². The number of rotatable bonds is 11.